The molecule has 0 aromatic rings. The van der Waals surface area contributed by atoms with Crippen molar-refractivity contribution in [2.75, 3.05) is 19.8 Å². The summed E-state index contributed by atoms with van der Waals surface area (Å²) < 4.78 is 15.3. The molecule has 0 aromatic carbocycles. The van der Waals surface area contributed by atoms with Crippen molar-refractivity contribution >= 4 is 11.9 Å². The molecule has 0 spiro atoms. The fraction of sp³-hybridized carbons (Fsp3) is 0.692. The maximum Gasteiger partial charge on any atom is 0.330 e. The Morgan fingerprint density at radius 2 is 2.00 bits per heavy atom. The Kier molecular flexibility index (Phi) is 7.42. The molecular formula is C13H21NO8. The van der Waals surface area contributed by atoms with Crippen molar-refractivity contribution < 1.29 is 39.1 Å². The van der Waals surface area contributed by atoms with E-state index in [1.807, 2.05) is 0 Å². The average molecular weight is 319 g/mol. The second-order valence-corrected chi connectivity index (χ2v) is 4.68. The molecule has 1 saturated heterocycles. The number of aliphatic hydroxyl groups excluding tert-OH is 3. The van der Waals surface area contributed by atoms with Crippen LogP contribution in [-0.4, -0.2) is 77.7 Å². The first kappa shape index (κ1) is 18.5. The molecule has 3 unspecified atom stereocenters. The van der Waals surface area contributed by atoms with Gasteiger partial charge in [0.25, 0.3) is 0 Å². The molecule has 1 aliphatic rings. The van der Waals surface area contributed by atoms with Gasteiger partial charge >= 0.3 is 5.97 Å². The number of carbonyl (C=O) groups is 2. The first-order valence-electron chi connectivity index (χ1n) is 6.71. The number of esters is 1. The van der Waals surface area contributed by atoms with E-state index in [-0.39, 0.29) is 13.2 Å². The van der Waals surface area contributed by atoms with Crippen LogP contribution in [0.1, 0.15) is 6.92 Å². The Hall–Kier alpha value is -1.52. The van der Waals surface area contributed by atoms with Crippen LogP contribution in [0.4, 0.5) is 0 Å². The van der Waals surface area contributed by atoms with Crippen molar-refractivity contribution in [3.8, 4) is 0 Å². The van der Waals surface area contributed by atoms with Crippen LogP contribution in [0.5, 0.6) is 0 Å². The summed E-state index contributed by atoms with van der Waals surface area (Å²) in [5, 5.41) is 31.3. The third-order valence-electron chi connectivity index (χ3n) is 3.03. The van der Waals surface area contributed by atoms with Gasteiger partial charge in [0.15, 0.2) is 6.29 Å². The quantitative estimate of drug-likeness (QED) is 0.233. The van der Waals surface area contributed by atoms with Crippen molar-refractivity contribution in [3.63, 3.8) is 0 Å². The molecule has 0 aromatic heterocycles. The van der Waals surface area contributed by atoms with E-state index in [1.165, 1.54) is 6.92 Å². The largest absolute Gasteiger partial charge is 0.460 e. The van der Waals surface area contributed by atoms with Crippen LogP contribution in [0.15, 0.2) is 12.7 Å². The van der Waals surface area contributed by atoms with Crippen LogP contribution in [0, 0.1) is 0 Å². The third-order valence-corrected chi connectivity index (χ3v) is 3.03. The minimum Gasteiger partial charge on any atom is -0.460 e. The molecule has 0 radical (unpaired) electrons. The van der Waals surface area contributed by atoms with Gasteiger partial charge in [-0.15, -0.1) is 0 Å². The highest BCUT2D eigenvalue weighted by Gasteiger charge is 2.45. The molecule has 1 fully saturated rings. The highest BCUT2D eigenvalue weighted by atomic mass is 16.7. The second kappa shape index (κ2) is 8.81. The SMILES string of the molecule is C=CC(=O)OCCOC1OC(CO)[C@@H](O)[C@H](O)C1NC(C)=O. The summed E-state index contributed by atoms with van der Waals surface area (Å²) in [7, 11) is 0. The number of hydrogen-bond acceptors (Lipinski definition) is 8. The first-order valence-corrected chi connectivity index (χ1v) is 6.71. The Morgan fingerprint density at radius 1 is 1.32 bits per heavy atom. The summed E-state index contributed by atoms with van der Waals surface area (Å²) in [6.07, 6.45) is -3.92. The zero-order valence-corrected chi connectivity index (χ0v) is 12.2. The predicted molar refractivity (Wildman–Crippen MR) is 72.5 cm³/mol. The molecule has 9 nitrogen and oxygen atoms in total. The van der Waals surface area contributed by atoms with E-state index in [0.717, 1.165) is 6.08 Å². The van der Waals surface area contributed by atoms with E-state index < -0.39 is 49.1 Å². The molecule has 0 saturated carbocycles. The lowest BCUT2D eigenvalue weighted by Crippen LogP contribution is -2.64. The fourth-order valence-electron chi connectivity index (χ4n) is 1.98. The summed E-state index contributed by atoms with van der Waals surface area (Å²) in [5.74, 6) is -1.07. The normalized spacial score (nSPS) is 31.4. The van der Waals surface area contributed by atoms with Gasteiger partial charge in [-0.1, -0.05) is 6.58 Å². The lowest BCUT2D eigenvalue weighted by Gasteiger charge is -2.42. The zero-order chi connectivity index (χ0) is 16.7. The molecule has 9 heteroatoms. The van der Waals surface area contributed by atoms with Gasteiger partial charge in [0, 0.05) is 13.0 Å². The molecular weight excluding hydrogens is 298 g/mol. The van der Waals surface area contributed by atoms with E-state index in [0.29, 0.717) is 0 Å². The van der Waals surface area contributed by atoms with Crippen LogP contribution >= 0.6 is 0 Å². The Labute approximate surface area is 127 Å². The predicted octanol–water partition coefficient (Wildman–Crippen LogP) is -2.32. The van der Waals surface area contributed by atoms with Gasteiger partial charge in [-0.3, -0.25) is 4.79 Å². The van der Waals surface area contributed by atoms with Gasteiger partial charge < -0.3 is 34.8 Å². The molecule has 0 aliphatic carbocycles. The molecule has 5 atom stereocenters. The van der Waals surface area contributed by atoms with Crippen LogP contribution in [0.2, 0.25) is 0 Å². The molecule has 1 rings (SSSR count). The molecule has 0 bridgehead atoms. The van der Waals surface area contributed by atoms with E-state index >= 15 is 0 Å². The highest BCUT2D eigenvalue weighted by molar-refractivity contribution is 5.81. The third kappa shape index (κ3) is 5.04. The van der Waals surface area contributed by atoms with Gasteiger partial charge in [0.05, 0.1) is 13.2 Å². The maximum absolute atomic E-state index is 11.2. The Morgan fingerprint density at radius 3 is 2.55 bits per heavy atom. The summed E-state index contributed by atoms with van der Waals surface area (Å²) in [5.41, 5.74) is 0. The van der Waals surface area contributed by atoms with Gasteiger partial charge in [0.1, 0.15) is 31.0 Å². The summed E-state index contributed by atoms with van der Waals surface area (Å²) in [4.78, 5) is 22.1. The van der Waals surface area contributed by atoms with Crippen molar-refractivity contribution in [1.82, 2.24) is 5.32 Å². The van der Waals surface area contributed by atoms with E-state index in [9.17, 15) is 19.8 Å². The Balaban J connectivity index is 2.62. The maximum atomic E-state index is 11.2. The lowest BCUT2D eigenvalue weighted by molar-refractivity contribution is -0.271. The van der Waals surface area contributed by atoms with Crippen molar-refractivity contribution in [2.45, 2.75) is 37.6 Å². The van der Waals surface area contributed by atoms with E-state index in [1.54, 1.807) is 0 Å². The first-order chi connectivity index (χ1) is 10.4. The van der Waals surface area contributed by atoms with Gasteiger partial charge in [-0.05, 0) is 0 Å². The average Bonchev–Trinajstić information content (AvgIpc) is 2.49. The van der Waals surface area contributed by atoms with Crippen LogP contribution in [-0.2, 0) is 23.8 Å². The second-order valence-electron chi connectivity index (χ2n) is 4.68. The minimum atomic E-state index is -1.38. The van der Waals surface area contributed by atoms with Gasteiger partial charge in [0.2, 0.25) is 5.91 Å². The van der Waals surface area contributed by atoms with Gasteiger partial charge in [-0.25, -0.2) is 4.79 Å². The number of ether oxygens (including phenoxy) is 3. The molecule has 126 valence electrons. The van der Waals surface area contributed by atoms with Crippen molar-refractivity contribution in [2.24, 2.45) is 0 Å². The number of hydrogen-bond donors (Lipinski definition) is 4. The number of rotatable bonds is 7. The van der Waals surface area contributed by atoms with Gasteiger partial charge in [-0.2, -0.15) is 0 Å². The van der Waals surface area contributed by atoms with Crippen molar-refractivity contribution in [3.05, 3.63) is 12.7 Å². The molecule has 22 heavy (non-hydrogen) atoms. The van der Waals surface area contributed by atoms with Crippen LogP contribution in [0.25, 0.3) is 0 Å². The van der Waals surface area contributed by atoms with Crippen LogP contribution < -0.4 is 5.32 Å². The summed E-state index contributed by atoms with van der Waals surface area (Å²) in [6.45, 7) is 3.79. The minimum absolute atomic E-state index is 0.0682. The smallest absolute Gasteiger partial charge is 0.330 e. The Bertz CT molecular complexity index is 402. The number of amides is 1. The molecule has 1 amide bonds. The van der Waals surface area contributed by atoms with Crippen molar-refractivity contribution in [1.29, 1.82) is 0 Å². The lowest BCUT2D eigenvalue weighted by atomic mass is 9.97. The fourth-order valence-corrected chi connectivity index (χ4v) is 1.98. The summed E-state index contributed by atoms with van der Waals surface area (Å²) >= 11 is 0. The monoisotopic (exact) mass is 319 g/mol. The number of aliphatic hydroxyl groups is 3. The van der Waals surface area contributed by atoms with E-state index in [2.05, 4.69) is 11.9 Å². The topological polar surface area (TPSA) is 135 Å². The van der Waals surface area contributed by atoms with E-state index in [4.69, 9.17) is 19.3 Å². The number of nitrogens with one attached hydrogen (secondary N) is 1. The molecule has 1 heterocycles. The standard InChI is InChI=1S/C13H21NO8/c1-3-9(17)20-4-5-21-13-10(14-7(2)16)12(19)11(18)8(6-15)22-13/h3,8,10-13,15,18-19H,1,4-6H2,2H3,(H,14,16)/t8?,10?,11-,12-,13?/m1/s1. The van der Waals surface area contributed by atoms with Crippen LogP contribution in [0.3, 0.4) is 0 Å². The molecule has 4 N–H and O–H groups in total. The zero-order valence-electron chi connectivity index (χ0n) is 12.2. The number of carbonyl (C=O) groups excluding carboxylic acids is 2. The molecule has 1 aliphatic heterocycles. The summed E-state index contributed by atoms with van der Waals surface area (Å²) in [6, 6.07) is -1.02. The highest BCUT2D eigenvalue weighted by Crippen LogP contribution is 2.22.